The van der Waals surface area contributed by atoms with E-state index in [1.54, 1.807) is 0 Å². The number of benzene rings is 1. The van der Waals surface area contributed by atoms with Crippen LogP contribution >= 0.6 is 0 Å². The SMILES string of the molecule is CCOC(=O)c1cc2c(nc1C)c(C)cc1c(C)c(C)n(C)c12. The number of aryl methyl sites for hydroxylation is 4. The average molecular weight is 310 g/mol. The highest BCUT2D eigenvalue weighted by Crippen LogP contribution is 2.33. The highest BCUT2D eigenvalue weighted by atomic mass is 16.5. The number of hydrogen-bond donors (Lipinski definition) is 0. The van der Waals surface area contributed by atoms with E-state index in [2.05, 4.69) is 38.5 Å². The topological polar surface area (TPSA) is 44.1 Å². The molecule has 23 heavy (non-hydrogen) atoms. The van der Waals surface area contributed by atoms with Crippen molar-refractivity contribution in [2.24, 2.45) is 7.05 Å². The van der Waals surface area contributed by atoms with E-state index in [1.165, 1.54) is 16.6 Å². The summed E-state index contributed by atoms with van der Waals surface area (Å²) >= 11 is 0. The first-order valence-corrected chi connectivity index (χ1v) is 7.90. The van der Waals surface area contributed by atoms with Gasteiger partial charge in [-0.1, -0.05) is 0 Å². The summed E-state index contributed by atoms with van der Waals surface area (Å²) < 4.78 is 7.35. The van der Waals surface area contributed by atoms with E-state index in [9.17, 15) is 4.79 Å². The molecule has 1 aromatic carbocycles. The second-order valence-corrected chi connectivity index (χ2v) is 6.10. The third kappa shape index (κ3) is 2.21. The van der Waals surface area contributed by atoms with Gasteiger partial charge in [-0.3, -0.25) is 4.98 Å². The molecule has 0 aliphatic heterocycles. The van der Waals surface area contributed by atoms with Gasteiger partial charge in [-0.15, -0.1) is 0 Å². The molecule has 0 saturated carbocycles. The molecule has 0 fully saturated rings. The highest BCUT2D eigenvalue weighted by Gasteiger charge is 2.18. The Labute approximate surface area is 136 Å². The zero-order chi connectivity index (χ0) is 16.9. The summed E-state index contributed by atoms with van der Waals surface area (Å²) in [5.74, 6) is -0.309. The zero-order valence-corrected chi connectivity index (χ0v) is 14.6. The molecule has 0 aliphatic carbocycles. The van der Waals surface area contributed by atoms with Crippen molar-refractivity contribution in [3.63, 3.8) is 0 Å². The van der Waals surface area contributed by atoms with Gasteiger partial charge in [0.15, 0.2) is 0 Å². The van der Waals surface area contributed by atoms with E-state index in [0.717, 1.165) is 22.0 Å². The third-order valence-electron chi connectivity index (χ3n) is 4.74. The summed E-state index contributed by atoms with van der Waals surface area (Å²) in [5, 5.41) is 2.22. The van der Waals surface area contributed by atoms with Crippen LogP contribution in [0.15, 0.2) is 12.1 Å². The molecule has 0 radical (unpaired) electrons. The van der Waals surface area contributed by atoms with Crippen LogP contribution in [0.1, 0.15) is 39.8 Å². The molecule has 0 atom stereocenters. The maximum absolute atomic E-state index is 12.2. The number of aromatic nitrogens is 2. The van der Waals surface area contributed by atoms with E-state index in [-0.39, 0.29) is 5.97 Å². The van der Waals surface area contributed by atoms with Gasteiger partial charge in [-0.2, -0.15) is 0 Å². The molecular weight excluding hydrogens is 288 g/mol. The van der Waals surface area contributed by atoms with Crippen molar-refractivity contribution < 1.29 is 9.53 Å². The average Bonchev–Trinajstić information content (AvgIpc) is 2.72. The van der Waals surface area contributed by atoms with Crippen LogP contribution in [0, 0.1) is 27.7 Å². The standard InChI is InChI=1S/C19H22N2O2/c1-7-23-19(22)15-9-16-17(20-12(15)4)10(2)8-14-11(3)13(5)21(6)18(14)16/h8-9H,7H2,1-6H3. The van der Waals surface area contributed by atoms with Gasteiger partial charge in [0.05, 0.1) is 28.9 Å². The number of rotatable bonds is 2. The lowest BCUT2D eigenvalue weighted by atomic mass is 10.0. The Morgan fingerprint density at radius 3 is 2.52 bits per heavy atom. The van der Waals surface area contributed by atoms with Crippen LogP contribution in [0.25, 0.3) is 21.8 Å². The fourth-order valence-electron chi connectivity index (χ4n) is 3.26. The van der Waals surface area contributed by atoms with Crippen LogP contribution in [0.2, 0.25) is 0 Å². The molecule has 2 heterocycles. The van der Waals surface area contributed by atoms with Crippen LogP contribution in [-0.4, -0.2) is 22.1 Å². The Hall–Kier alpha value is -2.36. The van der Waals surface area contributed by atoms with Crippen LogP contribution in [0.5, 0.6) is 0 Å². The third-order valence-corrected chi connectivity index (χ3v) is 4.74. The quantitative estimate of drug-likeness (QED) is 0.668. The maximum atomic E-state index is 12.2. The van der Waals surface area contributed by atoms with Crippen molar-refractivity contribution in [3.8, 4) is 0 Å². The zero-order valence-electron chi connectivity index (χ0n) is 14.6. The minimum atomic E-state index is -0.309. The smallest absolute Gasteiger partial charge is 0.339 e. The molecule has 2 aromatic heterocycles. The molecule has 3 aromatic rings. The number of carbonyl (C=O) groups is 1. The maximum Gasteiger partial charge on any atom is 0.339 e. The molecule has 0 amide bonds. The normalized spacial score (nSPS) is 11.4. The number of nitrogens with zero attached hydrogens (tertiary/aromatic N) is 2. The predicted molar refractivity (Wildman–Crippen MR) is 93.1 cm³/mol. The monoisotopic (exact) mass is 310 g/mol. The van der Waals surface area contributed by atoms with Crippen LogP contribution in [0.3, 0.4) is 0 Å². The molecule has 0 N–H and O–H groups in total. The second-order valence-electron chi connectivity index (χ2n) is 6.10. The summed E-state index contributed by atoms with van der Waals surface area (Å²) in [7, 11) is 2.06. The Bertz CT molecular complexity index is 952. The van der Waals surface area contributed by atoms with Gasteiger partial charge in [0.2, 0.25) is 0 Å². The molecule has 4 heteroatoms. The Morgan fingerprint density at radius 1 is 1.17 bits per heavy atom. The van der Waals surface area contributed by atoms with Crippen LogP contribution in [0.4, 0.5) is 0 Å². The van der Waals surface area contributed by atoms with Crippen molar-refractivity contribution in [1.29, 1.82) is 0 Å². The van der Waals surface area contributed by atoms with E-state index in [1.807, 2.05) is 19.9 Å². The largest absolute Gasteiger partial charge is 0.462 e. The van der Waals surface area contributed by atoms with Gasteiger partial charge in [-0.05, 0) is 57.9 Å². The summed E-state index contributed by atoms with van der Waals surface area (Å²) in [6, 6.07) is 4.13. The molecule has 0 spiro atoms. The van der Waals surface area contributed by atoms with Gasteiger partial charge in [0.1, 0.15) is 0 Å². The predicted octanol–water partition coefficient (Wildman–Crippen LogP) is 4.14. The highest BCUT2D eigenvalue weighted by molar-refractivity contribution is 6.09. The summed E-state index contributed by atoms with van der Waals surface area (Å²) in [4.78, 5) is 16.9. The molecule has 0 aliphatic rings. The second kappa shape index (κ2) is 5.37. The van der Waals surface area contributed by atoms with Crippen molar-refractivity contribution in [1.82, 2.24) is 9.55 Å². The first-order valence-electron chi connectivity index (χ1n) is 7.90. The number of hydrogen-bond acceptors (Lipinski definition) is 3. The molecule has 3 rings (SSSR count). The molecule has 4 nitrogen and oxygen atoms in total. The van der Waals surface area contributed by atoms with Gasteiger partial charge in [0, 0.05) is 23.5 Å². The number of carbonyl (C=O) groups excluding carboxylic acids is 1. The van der Waals surface area contributed by atoms with Gasteiger partial charge < -0.3 is 9.30 Å². The molecule has 120 valence electrons. The van der Waals surface area contributed by atoms with Crippen molar-refractivity contribution in [2.45, 2.75) is 34.6 Å². The first kappa shape index (κ1) is 15.5. The van der Waals surface area contributed by atoms with E-state index in [4.69, 9.17) is 9.72 Å². The molecular formula is C19H22N2O2. The minimum Gasteiger partial charge on any atom is -0.462 e. The van der Waals surface area contributed by atoms with E-state index >= 15 is 0 Å². The minimum absolute atomic E-state index is 0.309. The van der Waals surface area contributed by atoms with Crippen molar-refractivity contribution in [3.05, 3.63) is 40.2 Å². The Kier molecular flexibility index (Phi) is 3.63. The molecule has 0 unspecified atom stereocenters. The molecule has 0 saturated heterocycles. The lowest BCUT2D eigenvalue weighted by Crippen LogP contribution is -2.08. The summed E-state index contributed by atoms with van der Waals surface area (Å²) in [6.45, 7) is 10.4. The van der Waals surface area contributed by atoms with E-state index < -0.39 is 0 Å². The van der Waals surface area contributed by atoms with Gasteiger partial charge in [-0.25, -0.2) is 4.79 Å². The summed E-state index contributed by atoms with van der Waals surface area (Å²) in [5.41, 5.74) is 6.95. The fourth-order valence-corrected chi connectivity index (χ4v) is 3.26. The Morgan fingerprint density at radius 2 is 1.87 bits per heavy atom. The van der Waals surface area contributed by atoms with Gasteiger partial charge >= 0.3 is 5.97 Å². The lowest BCUT2D eigenvalue weighted by molar-refractivity contribution is 0.0525. The number of ether oxygens (including phenoxy) is 1. The van der Waals surface area contributed by atoms with E-state index in [0.29, 0.717) is 17.9 Å². The van der Waals surface area contributed by atoms with Crippen molar-refractivity contribution >= 4 is 27.8 Å². The first-order chi connectivity index (χ1) is 10.9. The number of esters is 1. The fraction of sp³-hybridized carbons (Fsp3) is 0.368. The van der Waals surface area contributed by atoms with Crippen LogP contribution in [-0.2, 0) is 11.8 Å². The number of fused-ring (bicyclic) bond motifs is 3. The molecule has 0 bridgehead atoms. The van der Waals surface area contributed by atoms with Gasteiger partial charge in [0.25, 0.3) is 0 Å². The Balaban J connectivity index is 2.46. The lowest BCUT2D eigenvalue weighted by Gasteiger charge is -2.11. The van der Waals surface area contributed by atoms with Crippen LogP contribution < -0.4 is 0 Å². The number of pyridine rings is 1. The van der Waals surface area contributed by atoms with Crippen molar-refractivity contribution in [2.75, 3.05) is 6.61 Å². The summed E-state index contributed by atoms with van der Waals surface area (Å²) in [6.07, 6.45) is 0.